The van der Waals surface area contributed by atoms with Gasteiger partial charge < -0.3 is 10.1 Å². The van der Waals surface area contributed by atoms with Gasteiger partial charge in [-0.05, 0) is 34.1 Å². The maximum atomic E-state index is 11.7. The van der Waals surface area contributed by atoms with Crippen LogP contribution in [-0.2, 0) is 4.74 Å². The van der Waals surface area contributed by atoms with Gasteiger partial charge in [0.05, 0.1) is 11.6 Å². The molecule has 0 aromatic heterocycles. The average molecular weight is 333 g/mol. The first-order chi connectivity index (χ1) is 7.88. The van der Waals surface area contributed by atoms with Crippen molar-refractivity contribution >= 4 is 33.2 Å². The van der Waals surface area contributed by atoms with Crippen LogP contribution in [-0.4, -0.2) is 25.9 Å². The zero-order chi connectivity index (χ0) is 12.9. The van der Waals surface area contributed by atoms with Gasteiger partial charge in [0.15, 0.2) is 0 Å². The van der Waals surface area contributed by atoms with Crippen LogP contribution in [0.5, 0.6) is 0 Å². The van der Waals surface area contributed by atoms with E-state index in [0.29, 0.717) is 11.6 Å². The molecule has 0 aliphatic carbocycles. The van der Waals surface area contributed by atoms with E-state index in [9.17, 15) is 13.2 Å². The van der Waals surface area contributed by atoms with Crippen molar-refractivity contribution in [3.05, 3.63) is 27.7 Å². The highest BCUT2D eigenvalue weighted by Gasteiger charge is 2.27. The molecule has 0 atom stereocenters. The number of hydrogen-bond acceptors (Lipinski definition) is 2. The Hall–Kier alpha value is -0.460. The summed E-state index contributed by atoms with van der Waals surface area (Å²) in [6.45, 7) is -0.942. The molecular formula is C10H10BrClF3NO. The van der Waals surface area contributed by atoms with Crippen molar-refractivity contribution in [3.63, 3.8) is 0 Å². The van der Waals surface area contributed by atoms with E-state index in [1.807, 2.05) is 0 Å². The third-order valence-corrected chi connectivity index (χ3v) is 2.97. The van der Waals surface area contributed by atoms with Gasteiger partial charge in [0, 0.05) is 16.7 Å². The van der Waals surface area contributed by atoms with E-state index >= 15 is 0 Å². The molecule has 0 radical (unpaired) electrons. The fourth-order valence-electron chi connectivity index (χ4n) is 1.06. The number of anilines is 1. The van der Waals surface area contributed by atoms with E-state index in [1.54, 1.807) is 18.2 Å². The number of alkyl halides is 3. The van der Waals surface area contributed by atoms with Crippen LogP contribution in [0, 0.1) is 0 Å². The maximum absolute atomic E-state index is 11.7. The van der Waals surface area contributed by atoms with E-state index in [2.05, 4.69) is 26.0 Å². The average Bonchev–Trinajstić information content (AvgIpc) is 2.21. The molecule has 2 nitrogen and oxygen atoms in total. The molecule has 0 fully saturated rings. The molecule has 0 heterocycles. The Bertz CT molecular complexity index is 373. The first kappa shape index (κ1) is 14.6. The second-order valence-electron chi connectivity index (χ2n) is 3.22. The third-order valence-electron chi connectivity index (χ3n) is 1.76. The Labute approximate surface area is 110 Å². The SMILES string of the molecule is FC(F)(F)COCCNc1ccc(Cl)c(Br)c1. The molecule has 1 rings (SSSR count). The van der Waals surface area contributed by atoms with Crippen molar-refractivity contribution < 1.29 is 17.9 Å². The molecule has 1 aromatic carbocycles. The third kappa shape index (κ3) is 6.14. The first-order valence-corrected chi connectivity index (χ1v) is 5.89. The molecule has 0 spiro atoms. The van der Waals surface area contributed by atoms with Gasteiger partial charge in [0.1, 0.15) is 6.61 Å². The Morgan fingerprint density at radius 2 is 2.06 bits per heavy atom. The van der Waals surface area contributed by atoms with Crippen molar-refractivity contribution in [2.45, 2.75) is 6.18 Å². The summed E-state index contributed by atoms with van der Waals surface area (Å²) in [6.07, 6.45) is -4.27. The standard InChI is InChI=1S/C10H10BrClF3NO/c11-8-5-7(1-2-9(8)12)16-3-4-17-6-10(13,14)15/h1-2,5,16H,3-4,6H2. The molecule has 1 aromatic rings. The van der Waals surface area contributed by atoms with Crippen LogP contribution in [0.3, 0.4) is 0 Å². The summed E-state index contributed by atoms with van der Waals surface area (Å²) in [5, 5.41) is 3.49. The van der Waals surface area contributed by atoms with Gasteiger partial charge in [-0.1, -0.05) is 11.6 Å². The zero-order valence-corrected chi connectivity index (χ0v) is 11.0. The number of ether oxygens (including phenoxy) is 1. The monoisotopic (exact) mass is 331 g/mol. The summed E-state index contributed by atoms with van der Waals surface area (Å²) in [5.74, 6) is 0. The second kappa shape index (κ2) is 6.47. The number of hydrogen-bond donors (Lipinski definition) is 1. The molecule has 0 unspecified atom stereocenters. The molecule has 1 N–H and O–H groups in total. The summed E-state index contributed by atoms with van der Waals surface area (Å²) < 4.78 is 40.4. The van der Waals surface area contributed by atoms with E-state index in [1.165, 1.54) is 0 Å². The molecule has 0 bridgehead atoms. The lowest BCUT2D eigenvalue weighted by Gasteiger charge is -2.09. The van der Waals surface area contributed by atoms with Gasteiger partial charge in [0.2, 0.25) is 0 Å². The molecule has 7 heteroatoms. The highest BCUT2D eigenvalue weighted by atomic mass is 79.9. The van der Waals surface area contributed by atoms with Gasteiger partial charge in [-0.3, -0.25) is 0 Å². The molecule has 0 saturated heterocycles. The Morgan fingerprint density at radius 3 is 2.65 bits per heavy atom. The summed E-state index contributed by atoms with van der Waals surface area (Å²) >= 11 is 9.03. The number of halogens is 5. The fourth-order valence-corrected chi connectivity index (χ4v) is 1.56. The predicted octanol–water partition coefficient (Wildman–Crippen LogP) is 4.09. The minimum Gasteiger partial charge on any atom is -0.383 e. The van der Waals surface area contributed by atoms with Gasteiger partial charge in [-0.15, -0.1) is 0 Å². The summed E-state index contributed by atoms with van der Waals surface area (Å²) in [7, 11) is 0. The van der Waals surface area contributed by atoms with Gasteiger partial charge in [-0.25, -0.2) is 0 Å². The predicted molar refractivity (Wildman–Crippen MR) is 64.5 cm³/mol. The summed E-state index contributed by atoms with van der Waals surface area (Å²) in [5.41, 5.74) is 0.761. The van der Waals surface area contributed by atoms with Crippen LogP contribution in [0.25, 0.3) is 0 Å². The Kier molecular flexibility index (Phi) is 5.55. The van der Waals surface area contributed by atoms with E-state index in [-0.39, 0.29) is 6.61 Å². The Balaban J connectivity index is 2.25. The molecule has 17 heavy (non-hydrogen) atoms. The number of nitrogens with one attached hydrogen (secondary N) is 1. The van der Waals surface area contributed by atoms with Crippen LogP contribution < -0.4 is 5.32 Å². The van der Waals surface area contributed by atoms with Crippen molar-refractivity contribution in [3.8, 4) is 0 Å². The van der Waals surface area contributed by atoms with Crippen LogP contribution in [0.1, 0.15) is 0 Å². The zero-order valence-electron chi connectivity index (χ0n) is 8.65. The van der Waals surface area contributed by atoms with Crippen LogP contribution >= 0.6 is 27.5 Å². The smallest absolute Gasteiger partial charge is 0.383 e. The van der Waals surface area contributed by atoms with Crippen LogP contribution in [0.4, 0.5) is 18.9 Å². The minimum absolute atomic E-state index is 0.0141. The maximum Gasteiger partial charge on any atom is 0.411 e. The van der Waals surface area contributed by atoms with Crippen molar-refractivity contribution in [2.75, 3.05) is 25.1 Å². The molecule has 0 amide bonds. The lowest BCUT2D eigenvalue weighted by Crippen LogP contribution is -2.20. The van der Waals surface area contributed by atoms with E-state index in [4.69, 9.17) is 11.6 Å². The van der Waals surface area contributed by atoms with Crippen LogP contribution in [0.15, 0.2) is 22.7 Å². The van der Waals surface area contributed by atoms with Crippen molar-refractivity contribution in [1.29, 1.82) is 0 Å². The van der Waals surface area contributed by atoms with E-state index < -0.39 is 12.8 Å². The van der Waals surface area contributed by atoms with Gasteiger partial charge in [0.25, 0.3) is 0 Å². The second-order valence-corrected chi connectivity index (χ2v) is 4.48. The Morgan fingerprint density at radius 1 is 1.35 bits per heavy atom. The summed E-state index contributed by atoms with van der Waals surface area (Å²) in [4.78, 5) is 0. The van der Waals surface area contributed by atoms with Gasteiger partial charge >= 0.3 is 6.18 Å². The van der Waals surface area contributed by atoms with Crippen LogP contribution in [0.2, 0.25) is 5.02 Å². The molecule has 96 valence electrons. The molecule has 0 saturated carbocycles. The quantitative estimate of drug-likeness (QED) is 0.820. The molecule has 0 aliphatic heterocycles. The molecule has 0 aliphatic rings. The van der Waals surface area contributed by atoms with Gasteiger partial charge in [-0.2, -0.15) is 13.2 Å². The summed E-state index contributed by atoms with van der Waals surface area (Å²) in [6, 6.07) is 5.16. The largest absolute Gasteiger partial charge is 0.411 e. The van der Waals surface area contributed by atoms with Crippen molar-refractivity contribution in [2.24, 2.45) is 0 Å². The minimum atomic E-state index is -4.27. The highest BCUT2D eigenvalue weighted by molar-refractivity contribution is 9.10. The number of benzene rings is 1. The highest BCUT2D eigenvalue weighted by Crippen LogP contribution is 2.25. The number of rotatable bonds is 5. The van der Waals surface area contributed by atoms with E-state index in [0.717, 1.165) is 10.2 Å². The first-order valence-electron chi connectivity index (χ1n) is 4.72. The lowest BCUT2D eigenvalue weighted by molar-refractivity contribution is -0.172. The topological polar surface area (TPSA) is 21.3 Å². The van der Waals surface area contributed by atoms with Crippen molar-refractivity contribution in [1.82, 2.24) is 0 Å². The lowest BCUT2D eigenvalue weighted by atomic mass is 10.3. The molecular weight excluding hydrogens is 322 g/mol. The normalized spacial score (nSPS) is 11.6. The fraction of sp³-hybridized carbons (Fsp3) is 0.400.